The maximum atomic E-state index is 12.4. The molecule has 0 spiro atoms. The minimum atomic E-state index is -0.766. The first-order valence-electron chi connectivity index (χ1n) is 7.16. The van der Waals surface area contributed by atoms with Crippen molar-refractivity contribution in [3.05, 3.63) is 71.8 Å². The number of aliphatic hydroxyl groups excluding tert-OH is 1. The third-order valence-corrected chi connectivity index (χ3v) is 4.29. The second kappa shape index (κ2) is 8.01. The monoisotopic (exact) mass is 300 g/mol. The van der Waals surface area contributed by atoms with Crippen molar-refractivity contribution in [2.24, 2.45) is 5.92 Å². The summed E-state index contributed by atoms with van der Waals surface area (Å²) >= 11 is 1.28. The number of thioether (sulfide) groups is 1. The number of carbonyl (C=O) groups excluding carboxylic acids is 1. The van der Waals surface area contributed by atoms with E-state index in [1.807, 2.05) is 67.6 Å². The summed E-state index contributed by atoms with van der Waals surface area (Å²) in [6, 6.07) is 19.3. The van der Waals surface area contributed by atoms with Gasteiger partial charge in [0.15, 0.2) is 5.12 Å². The van der Waals surface area contributed by atoms with Crippen LogP contribution in [0.2, 0.25) is 0 Å². The predicted molar refractivity (Wildman–Crippen MR) is 88.2 cm³/mol. The van der Waals surface area contributed by atoms with Crippen molar-refractivity contribution in [1.82, 2.24) is 0 Å². The third-order valence-electron chi connectivity index (χ3n) is 3.41. The molecule has 3 heteroatoms. The Bertz CT molecular complexity index is 554. The summed E-state index contributed by atoms with van der Waals surface area (Å²) in [5.41, 5.74) is 1.87. The lowest BCUT2D eigenvalue weighted by Crippen LogP contribution is -2.23. The van der Waals surface area contributed by atoms with E-state index in [9.17, 15) is 9.90 Å². The van der Waals surface area contributed by atoms with E-state index in [-0.39, 0.29) is 5.12 Å². The number of carbonyl (C=O) groups is 1. The molecule has 0 aliphatic heterocycles. The van der Waals surface area contributed by atoms with Crippen LogP contribution in [0.3, 0.4) is 0 Å². The van der Waals surface area contributed by atoms with E-state index in [0.29, 0.717) is 6.42 Å². The van der Waals surface area contributed by atoms with Gasteiger partial charge >= 0.3 is 0 Å². The molecule has 2 atom stereocenters. The van der Waals surface area contributed by atoms with Crippen molar-refractivity contribution < 1.29 is 9.90 Å². The van der Waals surface area contributed by atoms with Gasteiger partial charge in [0.05, 0.1) is 12.0 Å². The molecule has 2 rings (SSSR count). The molecule has 0 aliphatic carbocycles. The smallest absolute Gasteiger partial charge is 0.195 e. The van der Waals surface area contributed by atoms with Gasteiger partial charge in [0, 0.05) is 0 Å². The normalized spacial score (nSPS) is 13.6. The number of hydrogen-bond acceptors (Lipinski definition) is 3. The van der Waals surface area contributed by atoms with E-state index in [2.05, 4.69) is 0 Å². The first-order chi connectivity index (χ1) is 10.2. The van der Waals surface area contributed by atoms with Crippen molar-refractivity contribution in [1.29, 1.82) is 0 Å². The van der Waals surface area contributed by atoms with Gasteiger partial charge in [-0.05, 0) is 23.3 Å². The molecule has 0 saturated carbocycles. The molecule has 0 radical (unpaired) electrons. The lowest BCUT2D eigenvalue weighted by molar-refractivity contribution is -0.117. The summed E-state index contributed by atoms with van der Waals surface area (Å²) < 4.78 is 0. The molecule has 0 saturated heterocycles. The molecule has 0 amide bonds. The zero-order valence-electron chi connectivity index (χ0n) is 12.1. The quantitative estimate of drug-likeness (QED) is 0.880. The van der Waals surface area contributed by atoms with Crippen LogP contribution < -0.4 is 0 Å². The van der Waals surface area contributed by atoms with Crippen molar-refractivity contribution in [3.63, 3.8) is 0 Å². The van der Waals surface area contributed by atoms with Crippen molar-refractivity contribution >= 4 is 16.9 Å². The first-order valence-corrected chi connectivity index (χ1v) is 8.14. The highest BCUT2D eigenvalue weighted by molar-refractivity contribution is 8.13. The lowest BCUT2D eigenvalue weighted by Gasteiger charge is -2.22. The Hall–Kier alpha value is -1.58. The summed E-state index contributed by atoms with van der Waals surface area (Å²) in [5, 5.41) is 10.7. The highest BCUT2D eigenvalue weighted by Gasteiger charge is 2.28. The van der Waals surface area contributed by atoms with Crippen LogP contribution in [0.1, 0.15) is 24.2 Å². The minimum Gasteiger partial charge on any atom is -0.388 e. The minimum absolute atomic E-state index is 0.0534. The Kier molecular flexibility index (Phi) is 6.03. The Balaban J connectivity index is 2.21. The van der Waals surface area contributed by atoms with E-state index in [1.165, 1.54) is 11.8 Å². The second-order valence-corrected chi connectivity index (χ2v) is 6.17. The first kappa shape index (κ1) is 15.8. The van der Waals surface area contributed by atoms with Crippen LogP contribution in [0.15, 0.2) is 60.7 Å². The molecule has 2 aromatic carbocycles. The van der Waals surface area contributed by atoms with Crippen molar-refractivity contribution in [3.8, 4) is 0 Å². The second-order valence-electron chi connectivity index (χ2n) is 4.90. The van der Waals surface area contributed by atoms with Crippen LogP contribution in [-0.2, 0) is 11.2 Å². The summed E-state index contributed by atoms with van der Waals surface area (Å²) in [6.45, 7) is 1.96. The van der Waals surface area contributed by atoms with Gasteiger partial charge in [-0.2, -0.15) is 0 Å². The van der Waals surface area contributed by atoms with Crippen LogP contribution in [0.4, 0.5) is 0 Å². The average molecular weight is 300 g/mol. The Labute approximate surface area is 130 Å². The van der Waals surface area contributed by atoms with Gasteiger partial charge in [0.1, 0.15) is 0 Å². The fourth-order valence-corrected chi connectivity index (χ4v) is 3.03. The van der Waals surface area contributed by atoms with Gasteiger partial charge in [-0.3, -0.25) is 4.79 Å². The Morgan fingerprint density at radius 3 is 2.19 bits per heavy atom. The SMILES string of the molecule is CCSC(=O)[C@@H](Cc1ccccc1)[C@H](O)c1ccccc1. The van der Waals surface area contributed by atoms with Crippen LogP contribution >= 0.6 is 11.8 Å². The number of rotatable bonds is 6. The van der Waals surface area contributed by atoms with Crippen LogP contribution in [-0.4, -0.2) is 16.0 Å². The largest absolute Gasteiger partial charge is 0.388 e. The van der Waals surface area contributed by atoms with E-state index >= 15 is 0 Å². The molecule has 110 valence electrons. The highest BCUT2D eigenvalue weighted by atomic mass is 32.2. The fourth-order valence-electron chi connectivity index (χ4n) is 2.32. The number of aliphatic hydroxyl groups is 1. The van der Waals surface area contributed by atoms with Gasteiger partial charge in [0.25, 0.3) is 0 Å². The number of hydrogen-bond donors (Lipinski definition) is 1. The van der Waals surface area contributed by atoms with Crippen molar-refractivity contribution in [2.45, 2.75) is 19.4 Å². The topological polar surface area (TPSA) is 37.3 Å². The molecule has 0 bridgehead atoms. The molecular weight excluding hydrogens is 280 g/mol. The predicted octanol–water partition coefficient (Wildman–Crippen LogP) is 3.86. The van der Waals surface area contributed by atoms with Crippen LogP contribution in [0.25, 0.3) is 0 Å². The lowest BCUT2D eigenvalue weighted by atomic mass is 9.91. The summed E-state index contributed by atoms with van der Waals surface area (Å²) in [7, 11) is 0. The molecule has 0 aromatic heterocycles. The maximum Gasteiger partial charge on any atom is 0.195 e. The van der Waals surface area contributed by atoms with E-state index in [1.54, 1.807) is 0 Å². The third kappa shape index (κ3) is 4.45. The van der Waals surface area contributed by atoms with Gasteiger partial charge in [-0.15, -0.1) is 0 Å². The van der Waals surface area contributed by atoms with E-state index in [4.69, 9.17) is 0 Å². The summed E-state index contributed by atoms with van der Waals surface area (Å²) in [5.74, 6) is 0.311. The molecule has 1 N–H and O–H groups in total. The van der Waals surface area contributed by atoms with Gasteiger partial charge in [-0.25, -0.2) is 0 Å². The summed E-state index contributed by atoms with van der Waals surface area (Å²) in [6.07, 6.45) is -0.208. The van der Waals surface area contributed by atoms with Crippen molar-refractivity contribution in [2.75, 3.05) is 5.75 Å². The number of benzene rings is 2. The molecule has 0 aliphatic rings. The van der Waals surface area contributed by atoms with Crippen LogP contribution in [0.5, 0.6) is 0 Å². The molecule has 0 fully saturated rings. The molecule has 0 heterocycles. The van der Waals surface area contributed by atoms with E-state index < -0.39 is 12.0 Å². The Morgan fingerprint density at radius 1 is 1.05 bits per heavy atom. The van der Waals surface area contributed by atoms with Crippen LogP contribution in [0, 0.1) is 5.92 Å². The molecular formula is C18H20O2S. The zero-order chi connectivity index (χ0) is 15.1. The van der Waals surface area contributed by atoms with Gasteiger partial charge in [-0.1, -0.05) is 79.3 Å². The molecule has 21 heavy (non-hydrogen) atoms. The molecule has 0 unspecified atom stereocenters. The Morgan fingerprint density at radius 2 is 1.62 bits per heavy atom. The van der Waals surface area contributed by atoms with Gasteiger partial charge in [0.2, 0.25) is 0 Å². The van der Waals surface area contributed by atoms with Gasteiger partial charge < -0.3 is 5.11 Å². The zero-order valence-corrected chi connectivity index (χ0v) is 12.9. The highest BCUT2D eigenvalue weighted by Crippen LogP contribution is 2.29. The molecule has 2 nitrogen and oxygen atoms in total. The molecule has 2 aromatic rings. The average Bonchev–Trinajstić information content (AvgIpc) is 2.54. The maximum absolute atomic E-state index is 12.4. The standard InChI is InChI=1S/C18H20O2S/c1-2-21-18(20)16(13-14-9-5-3-6-10-14)17(19)15-11-7-4-8-12-15/h3-12,16-17,19H,2,13H2,1H3/t16-,17+/m0/s1. The van der Waals surface area contributed by atoms with E-state index in [0.717, 1.165) is 16.9 Å². The fraction of sp³-hybridized carbons (Fsp3) is 0.278. The summed E-state index contributed by atoms with van der Waals surface area (Å²) in [4.78, 5) is 12.4.